The summed E-state index contributed by atoms with van der Waals surface area (Å²) in [5, 5.41) is 5.68. The van der Waals surface area contributed by atoms with Crippen LogP contribution >= 0.6 is 0 Å². The molecule has 19 heavy (non-hydrogen) atoms. The highest BCUT2D eigenvalue weighted by Gasteiger charge is 2.11. The molecule has 0 spiro atoms. The first-order valence-electron chi connectivity index (χ1n) is 6.77. The predicted molar refractivity (Wildman–Crippen MR) is 76.3 cm³/mol. The smallest absolute Gasteiger partial charge is 0.251 e. The summed E-state index contributed by atoms with van der Waals surface area (Å²) < 4.78 is 0. The molecule has 0 bridgehead atoms. The molecule has 0 fully saturated rings. The van der Waals surface area contributed by atoms with Gasteiger partial charge in [-0.2, -0.15) is 0 Å². The lowest BCUT2D eigenvalue weighted by Gasteiger charge is -2.12. The van der Waals surface area contributed by atoms with Gasteiger partial charge in [-0.15, -0.1) is 0 Å². The first kappa shape index (κ1) is 15.2. The summed E-state index contributed by atoms with van der Waals surface area (Å²) in [5.74, 6) is -0.278. The van der Waals surface area contributed by atoms with Crippen LogP contribution in [0.25, 0.3) is 0 Å². The van der Waals surface area contributed by atoms with Gasteiger partial charge in [-0.1, -0.05) is 19.9 Å². The highest BCUT2D eigenvalue weighted by atomic mass is 16.2. The summed E-state index contributed by atoms with van der Waals surface area (Å²) >= 11 is 0. The second-order valence-electron chi connectivity index (χ2n) is 4.62. The zero-order valence-corrected chi connectivity index (χ0v) is 11.8. The van der Waals surface area contributed by atoms with Crippen molar-refractivity contribution in [2.24, 2.45) is 0 Å². The maximum Gasteiger partial charge on any atom is 0.251 e. The lowest BCUT2D eigenvalue weighted by atomic mass is 10.1. The van der Waals surface area contributed by atoms with E-state index in [4.69, 9.17) is 0 Å². The van der Waals surface area contributed by atoms with E-state index in [1.807, 2.05) is 20.8 Å². The van der Waals surface area contributed by atoms with E-state index >= 15 is 0 Å². The van der Waals surface area contributed by atoms with Crippen molar-refractivity contribution in [3.05, 3.63) is 35.4 Å². The van der Waals surface area contributed by atoms with Gasteiger partial charge in [0.1, 0.15) is 0 Å². The highest BCUT2D eigenvalue weighted by molar-refractivity contribution is 5.99. The summed E-state index contributed by atoms with van der Waals surface area (Å²) in [5.41, 5.74) is 1.04. The van der Waals surface area contributed by atoms with Crippen LogP contribution in [-0.4, -0.2) is 24.4 Å². The number of hydrogen-bond donors (Lipinski definition) is 2. The van der Waals surface area contributed by atoms with Gasteiger partial charge in [0.25, 0.3) is 11.8 Å². The van der Waals surface area contributed by atoms with E-state index in [0.717, 1.165) is 12.8 Å². The molecule has 0 aliphatic heterocycles. The third-order valence-electron chi connectivity index (χ3n) is 2.91. The molecule has 2 amide bonds. The maximum absolute atomic E-state index is 12.0. The van der Waals surface area contributed by atoms with Gasteiger partial charge in [0.05, 0.1) is 0 Å². The average Bonchev–Trinajstić information content (AvgIpc) is 2.44. The Morgan fingerprint density at radius 1 is 1.16 bits per heavy atom. The van der Waals surface area contributed by atoms with Gasteiger partial charge < -0.3 is 10.6 Å². The first-order chi connectivity index (χ1) is 9.08. The minimum atomic E-state index is -0.139. The maximum atomic E-state index is 12.0. The lowest BCUT2D eigenvalue weighted by molar-refractivity contribution is 0.0939. The third-order valence-corrected chi connectivity index (χ3v) is 2.91. The summed E-state index contributed by atoms with van der Waals surface area (Å²) in [6.07, 6.45) is 1.77. The SMILES string of the molecule is CCCNC(=O)c1cccc(C(=O)NC(C)CC)c1. The molecule has 0 aliphatic carbocycles. The quantitative estimate of drug-likeness (QED) is 0.826. The van der Waals surface area contributed by atoms with Crippen LogP contribution in [0.4, 0.5) is 0 Å². The minimum absolute atomic E-state index is 0.130. The Bertz CT molecular complexity index is 444. The Morgan fingerprint density at radius 3 is 2.37 bits per heavy atom. The van der Waals surface area contributed by atoms with Gasteiger partial charge >= 0.3 is 0 Å². The molecule has 0 heterocycles. The molecule has 1 unspecified atom stereocenters. The number of hydrogen-bond acceptors (Lipinski definition) is 2. The van der Waals surface area contributed by atoms with Crippen LogP contribution in [0.3, 0.4) is 0 Å². The van der Waals surface area contributed by atoms with Crippen molar-refractivity contribution in [3.8, 4) is 0 Å². The molecular weight excluding hydrogens is 240 g/mol. The molecule has 4 nitrogen and oxygen atoms in total. The van der Waals surface area contributed by atoms with Crippen LogP contribution in [0, 0.1) is 0 Å². The Labute approximate surface area is 114 Å². The predicted octanol–water partition coefficient (Wildman–Crippen LogP) is 2.35. The molecule has 2 N–H and O–H groups in total. The Hall–Kier alpha value is -1.84. The molecule has 1 rings (SSSR count). The Balaban J connectivity index is 2.76. The van der Waals surface area contributed by atoms with Crippen LogP contribution in [0.5, 0.6) is 0 Å². The molecule has 0 radical (unpaired) electrons. The first-order valence-corrected chi connectivity index (χ1v) is 6.77. The van der Waals surface area contributed by atoms with Gasteiger partial charge in [-0.25, -0.2) is 0 Å². The summed E-state index contributed by atoms with van der Waals surface area (Å²) in [6.45, 7) is 6.60. The number of carbonyl (C=O) groups excluding carboxylic acids is 2. The van der Waals surface area contributed by atoms with E-state index in [2.05, 4.69) is 10.6 Å². The standard InChI is InChI=1S/C15H22N2O2/c1-4-9-16-14(18)12-7-6-8-13(10-12)15(19)17-11(3)5-2/h6-8,10-11H,4-5,9H2,1-3H3,(H,16,18)(H,17,19). The number of carbonyl (C=O) groups is 2. The van der Waals surface area contributed by atoms with E-state index in [9.17, 15) is 9.59 Å². The number of nitrogens with one attached hydrogen (secondary N) is 2. The molecule has 1 aromatic rings. The van der Waals surface area contributed by atoms with Crippen LogP contribution in [0.15, 0.2) is 24.3 Å². The monoisotopic (exact) mass is 262 g/mol. The molecule has 4 heteroatoms. The van der Waals surface area contributed by atoms with Crippen molar-refractivity contribution < 1.29 is 9.59 Å². The second-order valence-corrected chi connectivity index (χ2v) is 4.62. The van der Waals surface area contributed by atoms with Gasteiger partial charge in [0.2, 0.25) is 0 Å². The highest BCUT2D eigenvalue weighted by Crippen LogP contribution is 2.06. The van der Waals surface area contributed by atoms with E-state index in [-0.39, 0.29) is 17.9 Å². The molecular formula is C15H22N2O2. The van der Waals surface area contributed by atoms with Crippen molar-refractivity contribution >= 4 is 11.8 Å². The Morgan fingerprint density at radius 2 is 1.79 bits per heavy atom. The average molecular weight is 262 g/mol. The molecule has 0 saturated carbocycles. The van der Waals surface area contributed by atoms with E-state index < -0.39 is 0 Å². The fourth-order valence-electron chi connectivity index (χ4n) is 1.55. The summed E-state index contributed by atoms with van der Waals surface area (Å²) in [4.78, 5) is 23.8. The van der Waals surface area contributed by atoms with Crippen molar-refractivity contribution in [1.29, 1.82) is 0 Å². The summed E-state index contributed by atoms with van der Waals surface area (Å²) in [7, 11) is 0. The van der Waals surface area contributed by atoms with Crippen molar-refractivity contribution in [2.45, 2.75) is 39.7 Å². The Kier molecular flexibility index (Phi) is 6.06. The molecule has 1 atom stereocenters. The van der Waals surface area contributed by atoms with Crippen LogP contribution in [-0.2, 0) is 0 Å². The van der Waals surface area contributed by atoms with Crippen molar-refractivity contribution in [3.63, 3.8) is 0 Å². The van der Waals surface area contributed by atoms with E-state index in [0.29, 0.717) is 17.7 Å². The van der Waals surface area contributed by atoms with E-state index in [1.54, 1.807) is 24.3 Å². The van der Waals surface area contributed by atoms with E-state index in [1.165, 1.54) is 0 Å². The fraction of sp³-hybridized carbons (Fsp3) is 0.467. The second kappa shape index (κ2) is 7.56. The molecule has 1 aromatic carbocycles. The molecule has 0 saturated heterocycles. The molecule has 0 aliphatic rings. The third kappa shape index (κ3) is 4.73. The topological polar surface area (TPSA) is 58.2 Å². The number of amides is 2. The molecule has 104 valence electrons. The van der Waals surface area contributed by atoms with Crippen molar-refractivity contribution in [2.75, 3.05) is 6.54 Å². The normalized spacial score (nSPS) is 11.7. The largest absolute Gasteiger partial charge is 0.352 e. The van der Waals surface area contributed by atoms with Gasteiger partial charge in [-0.3, -0.25) is 9.59 Å². The summed E-state index contributed by atoms with van der Waals surface area (Å²) in [6, 6.07) is 6.92. The van der Waals surface area contributed by atoms with Gasteiger partial charge in [-0.05, 0) is 38.0 Å². The van der Waals surface area contributed by atoms with Gasteiger partial charge in [0, 0.05) is 23.7 Å². The minimum Gasteiger partial charge on any atom is -0.352 e. The zero-order chi connectivity index (χ0) is 14.3. The fourth-order valence-corrected chi connectivity index (χ4v) is 1.55. The zero-order valence-electron chi connectivity index (χ0n) is 11.8. The number of benzene rings is 1. The van der Waals surface area contributed by atoms with Gasteiger partial charge in [0.15, 0.2) is 0 Å². The van der Waals surface area contributed by atoms with Crippen LogP contribution < -0.4 is 10.6 Å². The number of rotatable bonds is 6. The molecule has 0 aromatic heterocycles. The van der Waals surface area contributed by atoms with Crippen LogP contribution in [0.1, 0.15) is 54.3 Å². The van der Waals surface area contributed by atoms with Crippen LogP contribution in [0.2, 0.25) is 0 Å². The van der Waals surface area contributed by atoms with Crippen molar-refractivity contribution in [1.82, 2.24) is 10.6 Å². The lowest BCUT2D eigenvalue weighted by Crippen LogP contribution is -2.32.